The second-order valence-corrected chi connectivity index (χ2v) is 7.28. The summed E-state index contributed by atoms with van der Waals surface area (Å²) in [5.41, 5.74) is 0.324. The SMILES string of the molecule is CC(C)C[C@@]12CCCN1C[C@H](OC(=O)N1CCCC1)C2. The van der Waals surface area contributed by atoms with Gasteiger partial charge in [0.2, 0.25) is 0 Å². The minimum Gasteiger partial charge on any atom is -0.445 e. The van der Waals surface area contributed by atoms with E-state index in [1.165, 1.54) is 25.8 Å². The van der Waals surface area contributed by atoms with Crippen molar-refractivity contribution in [1.82, 2.24) is 9.80 Å². The smallest absolute Gasteiger partial charge is 0.410 e. The molecule has 0 aromatic rings. The van der Waals surface area contributed by atoms with Crippen molar-refractivity contribution in [1.29, 1.82) is 0 Å². The van der Waals surface area contributed by atoms with Crippen LogP contribution in [0.3, 0.4) is 0 Å². The van der Waals surface area contributed by atoms with E-state index in [9.17, 15) is 4.79 Å². The summed E-state index contributed by atoms with van der Waals surface area (Å²) < 4.78 is 5.78. The fraction of sp³-hybridized carbons (Fsp3) is 0.938. The van der Waals surface area contributed by atoms with Gasteiger partial charge in [-0.15, -0.1) is 0 Å². The van der Waals surface area contributed by atoms with Gasteiger partial charge in [-0.3, -0.25) is 4.90 Å². The van der Waals surface area contributed by atoms with E-state index in [2.05, 4.69) is 18.7 Å². The van der Waals surface area contributed by atoms with Crippen molar-refractivity contribution in [2.24, 2.45) is 5.92 Å². The number of ether oxygens (including phenoxy) is 1. The lowest BCUT2D eigenvalue weighted by Crippen LogP contribution is -2.39. The van der Waals surface area contributed by atoms with E-state index >= 15 is 0 Å². The molecule has 2 atom stereocenters. The molecule has 3 heterocycles. The highest BCUT2D eigenvalue weighted by Crippen LogP contribution is 2.44. The molecule has 3 fully saturated rings. The van der Waals surface area contributed by atoms with Crippen LogP contribution in [-0.4, -0.2) is 53.7 Å². The van der Waals surface area contributed by atoms with Gasteiger partial charge < -0.3 is 9.64 Å². The number of carbonyl (C=O) groups is 1. The number of amides is 1. The summed E-state index contributed by atoms with van der Waals surface area (Å²) in [6.07, 6.45) is 7.17. The Morgan fingerprint density at radius 3 is 2.70 bits per heavy atom. The highest BCUT2D eigenvalue weighted by atomic mass is 16.6. The largest absolute Gasteiger partial charge is 0.445 e. The maximum Gasteiger partial charge on any atom is 0.410 e. The molecule has 20 heavy (non-hydrogen) atoms. The number of likely N-dealkylation sites (tertiary alicyclic amines) is 1. The van der Waals surface area contributed by atoms with Crippen LogP contribution >= 0.6 is 0 Å². The number of carbonyl (C=O) groups excluding carboxylic acids is 1. The molecule has 0 spiro atoms. The Labute approximate surface area is 122 Å². The van der Waals surface area contributed by atoms with Crippen LogP contribution < -0.4 is 0 Å². The molecule has 0 unspecified atom stereocenters. The minimum atomic E-state index is -0.0756. The molecule has 0 radical (unpaired) electrons. The Balaban J connectivity index is 1.59. The van der Waals surface area contributed by atoms with E-state index < -0.39 is 0 Å². The highest BCUT2D eigenvalue weighted by Gasteiger charge is 2.49. The van der Waals surface area contributed by atoms with Crippen molar-refractivity contribution in [2.45, 2.75) is 64.0 Å². The zero-order valence-corrected chi connectivity index (χ0v) is 12.9. The second kappa shape index (κ2) is 5.55. The van der Waals surface area contributed by atoms with Crippen LogP contribution in [0.25, 0.3) is 0 Å². The number of fused-ring (bicyclic) bond motifs is 1. The average Bonchev–Trinajstić information content (AvgIpc) is 3.02. The second-order valence-electron chi connectivity index (χ2n) is 7.28. The molecule has 0 aromatic heterocycles. The summed E-state index contributed by atoms with van der Waals surface area (Å²) in [5.74, 6) is 0.712. The van der Waals surface area contributed by atoms with Gasteiger partial charge in [-0.25, -0.2) is 4.79 Å². The molecular formula is C16H28N2O2. The monoisotopic (exact) mass is 280 g/mol. The summed E-state index contributed by atoms with van der Waals surface area (Å²) in [6.45, 7) is 8.50. The number of nitrogens with zero attached hydrogens (tertiary/aromatic N) is 2. The maximum atomic E-state index is 12.1. The van der Waals surface area contributed by atoms with E-state index in [1.807, 2.05) is 4.90 Å². The van der Waals surface area contributed by atoms with Gasteiger partial charge in [-0.1, -0.05) is 13.8 Å². The lowest BCUT2D eigenvalue weighted by molar-refractivity contribution is 0.0709. The Morgan fingerprint density at radius 1 is 1.25 bits per heavy atom. The molecule has 0 aromatic carbocycles. The molecule has 3 saturated heterocycles. The van der Waals surface area contributed by atoms with Gasteiger partial charge in [0.1, 0.15) is 6.10 Å². The topological polar surface area (TPSA) is 32.8 Å². The van der Waals surface area contributed by atoms with Gasteiger partial charge in [0.25, 0.3) is 0 Å². The van der Waals surface area contributed by atoms with E-state index in [1.54, 1.807) is 0 Å². The molecule has 4 heteroatoms. The fourth-order valence-electron chi connectivity index (χ4n) is 4.51. The fourth-order valence-corrected chi connectivity index (χ4v) is 4.51. The Morgan fingerprint density at radius 2 is 2.00 bits per heavy atom. The van der Waals surface area contributed by atoms with E-state index in [0.29, 0.717) is 11.5 Å². The number of hydrogen-bond acceptors (Lipinski definition) is 3. The van der Waals surface area contributed by atoms with Crippen LogP contribution in [0.2, 0.25) is 0 Å². The summed E-state index contributed by atoms with van der Waals surface area (Å²) in [6, 6.07) is 0. The summed E-state index contributed by atoms with van der Waals surface area (Å²) >= 11 is 0. The number of rotatable bonds is 3. The molecule has 0 N–H and O–H groups in total. The van der Waals surface area contributed by atoms with Gasteiger partial charge in [0, 0.05) is 31.6 Å². The molecule has 0 aliphatic carbocycles. The van der Waals surface area contributed by atoms with Gasteiger partial charge in [0.05, 0.1) is 0 Å². The average molecular weight is 280 g/mol. The molecule has 0 bridgehead atoms. The lowest BCUT2D eigenvalue weighted by atomic mass is 9.85. The molecular weight excluding hydrogens is 252 g/mol. The molecule has 3 aliphatic heterocycles. The lowest BCUT2D eigenvalue weighted by Gasteiger charge is -2.33. The van der Waals surface area contributed by atoms with E-state index in [4.69, 9.17) is 4.74 Å². The molecule has 0 saturated carbocycles. The molecule has 3 rings (SSSR count). The quantitative estimate of drug-likeness (QED) is 0.797. The third-order valence-corrected chi connectivity index (χ3v) is 5.19. The highest BCUT2D eigenvalue weighted by molar-refractivity contribution is 5.68. The van der Waals surface area contributed by atoms with Crippen molar-refractivity contribution in [3.05, 3.63) is 0 Å². The van der Waals surface area contributed by atoms with Gasteiger partial charge >= 0.3 is 6.09 Å². The standard InChI is InChI=1S/C16H28N2O2/c1-13(2)10-16-6-5-9-18(16)12-14(11-16)20-15(19)17-7-3-4-8-17/h13-14H,3-12H2,1-2H3/t14-,16-/m1/s1. The first-order valence-electron chi connectivity index (χ1n) is 8.30. The predicted octanol–water partition coefficient (Wildman–Crippen LogP) is 2.87. The third-order valence-electron chi connectivity index (χ3n) is 5.19. The van der Waals surface area contributed by atoms with Crippen molar-refractivity contribution < 1.29 is 9.53 Å². The Bertz CT molecular complexity index is 365. The van der Waals surface area contributed by atoms with Crippen molar-refractivity contribution in [3.63, 3.8) is 0 Å². The molecule has 114 valence electrons. The van der Waals surface area contributed by atoms with E-state index in [0.717, 1.165) is 38.9 Å². The van der Waals surface area contributed by atoms with E-state index in [-0.39, 0.29) is 12.2 Å². The number of hydrogen-bond donors (Lipinski definition) is 0. The summed E-state index contributed by atoms with van der Waals surface area (Å²) in [5, 5.41) is 0. The Hall–Kier alpha value is -0.770. The predicted molar refractivity (Wildman–Crippen MR) is 78.7 cm³/mol. The summed E-state index contributed by atoms with van der Waals surface area (Å²) in [4.78, 5) is 16.6. The molecule has 3 aliphatic rings. The molecule has 1 amide bonds. The van der Waals surface area contributed by atoms with Gasteiger partial charge in [-0.05, 0) is 44.6 Å². The van der Waals surface area contributed by atoms with Crippen molar-refractivity contribution in [3.8, 4) is 0 Å². The maximum absolute atomic E-state index is 12.1. The third kappa shape index (κ3) is 2.67. The van der Waals surface area contributed by atoms with Crippen LogP contribution in [0.5, 0.6) is 0 Å². The van der Waals surface area contributed by atoms with Crippen LogP contribution in [0, 0.1) is 5.92 Å². The van der Waals surface area contributed by atoms with Crippen LogP contribution in [-0.2, 0) is 4.74 Å². The first kappa shape index (κ1) is 14.2. The molecule has 4 nitrogen and oxygen atoms in total. The van der Waals surface area contributed by atoms with Crippen molar-refractivity contribution >= 4 is 6.09 Å². The van der Waals surface area contributed by atoms with Gasteiger partial charge in [-0.2, -0.15) is 0 Å². The van der Waals surface area contributed by atoms with Crippen LogP contribution in [0.15, 0.2) is 0 Å². The normalized spacial score (nSPS) is 34.0. The van der Waals surface area contributed by atoms with Crippen LogP contribution in [0.1, 0.15) is 52.4 Å². The first-order chi connectivity index (χ1) is 9.59. The van der Waals surface area contributed by atoms with Gasteiger partial charge in [0.15, 0.2) is 0 Å². The zero-order valence-electron chi connectivity index (χ0n) is 12.9. The Kier molecular flexibility index (Phi) is 3.93. The zero-order chi connectivity index (χ0) is 14.2. The first-order valence-corrected chi connectivity index (χ1v) is 8.30. The van der Waals surface area contributed by atoms with Crippen molar-refractivity contribution in [2.75, 3.05) is 26.2 Å². The van der Waals surface area contributed by atoms with Crippen LogP contribution in [0.4, 0.5) is 4.79 Å². The minimum absolute atomic E-state index is 0.0756. The summed E-state index contributed by atoms with van der Waals surface area (Å²) in [7, 11) is 0.